The zero-order chi connectivity index (χ0) is 23.5. The summed E-state index contributed by atoms with van der Waals surface area (Å²) in [4.78, 5) is 31.0. The van der Waals surface area contributed by atoms with Crippen LogP contribution in [-0.4, -0.2) is 60.5 Å². The largest absolute Gasteiger partial charge is 0.490 e. The number of benzene rings is 1. The topological polar surface area (TPSA) is 92.8 Å². The van der Waals surface area contributed by atoms with Crippen LogP contribution in [0, 0.1) is 0 Å². The van der Waals surface area contributed by atoms with Crippen molar-refractivity contribution in [1.29, 1.82) is 0 Å². The van der Waals surface area contributed by atoms with E-state index >= 15 is 0 Å². The molecule has 8 heteroatoms. The van der Waals surface area contributed by atoms with Gasteiger partial charge in [-0.25, -0.2) is 0 Å². The Morgan fingerprint density at radius 1 is 1.12 bits per heavy atom. The Labute approximate surface area is 195 Å². The van der Waals surface area contributed by atoms with E-state index in [4.69, 9.17) is 9.47 Å². The molecule has 3 rings (SSSR count). The van der Waals surface area contributed by atoms with E-state index in [1.165, 1.54) is 0 Å². The van der Waals surface area contributed by atoms with Gasteiger partial charge in [-0.15, -0.1) is 0 Å². The van der Waals surface area contributed by atoms with E-state index in [9.17, 15) is 9.59 Å². The average molecular weight is 455 g/mol. The number of nitrogens with one attached hydrogen (secondary N) is 2. The molecule has 8 nitrogen and oxygen atoms in total. The van der Waals surface area contributed by atoms with Gasteiger partial charge in [0.1, 0.15) is 6.61 Å². The van der Waals surface area contributed by atoms with Crippen molar-refractivity contribution in [3.05, 3.63) is 53.9 Å². The smallest absolute Gasteiger partial charge is 0.251 e. The molecule has 2 aromatic rings. The van der Waals surface area contributed by atoms with Crippen LogP contribution < -0.4 is 20.1 Å². The molecule has 0 atom stereocenters. The zero-order valence-corrected chi connectivity index (χ0v) is 19.5. The molecule has 33 heavy (non-hydrogen) atoms. The molecule has 0 bridgehead atoms. The van der Waals surface area contributed by atoms with Crippen LogP contribution in [0.4, 0.5) is 0 Å². The molecule has 178 valence electrons. The van der Waals surface area contributed by atoms with Crippen molar-refractivity contribution in [2.45, 2.75) is 45.8 Å². The average Bonchev–Trinajstić information content (AvgIpc) is 2.84. The third kappa shape index (κ3) is 7.75. The molecule has 1 aliphatic rings. The lowest BCUT2D eigenvalue weighted by molar-refractivity contribution is -0.122. The number of carbonyl (C=O) groups is 2. The molecule has 0 radical (unpaired) electrons. The highest BCUT2D eigenvalue weighted by Gasteiger charge is 2.23. The minimum absolute atomic E-state index is 0.0635. The van der Waals surface area contributed by atoms with Crippen molar-refractivity contribution in [2.24, 2.45) is 0 Å². The first kappa shape index (κ1) is 24.5. The number of pyridine rings is 1. The molecular weight excluding hydrogens is 420 g/mol. The highest BCUT2D eigenvalue weighted by molar-refractivity contribution is 5.95. The number of carbonyl (C=O) groups excluding carboxylic acids is 2. The molecule has 1 fully saturated rings. The monoisotopic (exact) mass is 454 g/mol. The molecule has 1 aromatic heterocycles. The lowest BCUT2D eigenvalue weighted by Crippen LogP contribution is -2.47. The molecule has 0 unspecified atom stereocenters. The van der Waals surface area contributed by atoms with E-state index in [0.29, 0.717) is 43.4 Å². The fourth-order valence-electron chi connectivity index (χ4n) is 3.71. The van der Waals surface area contributed by atoms with Gasteiger partial charge in [0, 0.05) is 49.2 Å². The number of likely N-dealkylation sites (tertiary alicyclic amines) is 1. The Bertz CT molecular complexity index is 899. The van der Waals surface area contributed by atoms with E-state index in [-0.39, 0.29) is 17.9 Å². The van der Waals surface area contributed by atoms with Crippen molar-refractivity contribution in [3.8, 4) is 11.5 Å². The minimum Gasteiger partial charge on any atom is -0.490 e. The van der Waals surface area contributed by atoms with Gasteiger partial charge in [-0.1, -0.05) is 13.0 Å². The number of hydrogen-bond donors (Lipinski definition) is 2. The number of ether oxygens (including phenoxy) is 2. The molecule has 2 amide bonds. The van der Waals surface area contributed by atoms with Gasteiger partial charge in [-0.05, 0) is 50.5 Å². The molecule has 2 N–H and O–H groups in total. The number of hydrogen-bond acceptors (Lipinski definition) is 6. The second kappa shape index (κ2) is 12.8. The maximum atomic E-state index is 12.8. The normalized spacial score (nSPS) is 14.5. The summed E-state index contributed by atoms with van der Waals surface area (Å²) in [6.07, 6.45) is 6.04. The first-order valence-corrected chi connectivity index (χ1v) is 11.7. The Balaban J connectivity index is 1.52. The van der Waals surface area contributed by atoms with E-state index < -0.39 is 0 Å². The van der Waals surface area contributed by atoms with Crippen LogP contribution in [0.5, 0.6) is 11.5 Å². The van der Waals surface area contributed by atoms with Crippen LogP contribution in [0.1, 0.15) is 49.0 Å². The predicted octanol–water partition coefficient (Wildman–Crippen LogP) is 2.78. The molecule has 1 aromatic carbocycles. The Hall–Kier alpha value is -3.13. The summed E-state index contributed by atoms with van der Waals surface area (Å²) in [6, 6.07) is 9.14. The van der Waals surface area contributed by atoms with E-state index in [0.717, 1.165) is 37.9 Å². The van der Waals surface area contributed by atoms with E-state index in [1.54, 1.807) is 30.6 Å². The standard InChI is InChI=1S/C25H34N4O4/c1-3-11-27-24(30)17-29-13-9-21(10-14-29)28-25(31)20-7-8-22(23(15-20)32-4-2)33-18-19-6-5-12-26-16-19/h5-8,12,15-16,21H,3-4,9-11,13-14,17-18H2,1-2H3,(H,27,30)(H,28,31). The summed E-state index contributed by atoms with van der Waals surface area (Å²) in [7, 11) is 0. The third-order valence-corrected chi connectivity index (χ3v) is 5.49. The molecule has 0 saturated carbocycles. The second-order valence-corrected chi connectivity index (χ2v) is 8.12. The molecule has 1 aliphatic heterocycles. The predicted molar refractivity (Wildman–Crippen MR) is 126 cm³/mol. The molecular formula is C25H34N4O4. The van der Waals surface area contributed by atoms with Gasteiger partial charge < -0.3 is 20.1 Å². The Morgan fingerprint density at radius 2 is 1.94 bits per heavy atom. The molecule has 2 heterocycles. The quantitative estimate of drug-likeness (QED) is 0.542. The number of aromatic nitrogens is 1. The summed E-state index contributed by atoms with van der Waals surface area (Å²) >= 11 is 0. The summed E-state index contributed by atoms with van der Waals surface area (Å²) in [5.41, 5.74) is 1.49. The van der Waals surface area contributed by atoms with Gasteiger partial charge in [-0.2, -0.15) is 0 Å². The second-order valence-electron chi connectivity index (χ2n) is 8.12. The van der Waals surface area contributed by atoms with Crippen molar-refractivity contribution in [3.63, 3.8) is 0 Å². The van der Waals surface area contributed by atoms with Gasteiger partial charge >= 0.3 is 0 Å². The summed E-state index contributed by atoms with van der Waals surface area (Å²) in [5, 5.41) is 6.03. The first-order chi connectivity index (χ1) is 16.1. The lowest BCUT2D eigenvalue weighted by atomic mass is 10.0. The van der Waals surface area contributed by atoms with Crippen molar-refractivity contribution in [2.75, 3.05) is 32.8 Å². The van der Waals surface area contributed by atoms with Crippen LogP contribution in [0.15, 0.2) is 42.7 Å². The van der Waals surface area contributed by atoms with Gasteiger partial charge in [0.15, 0.2) is 11.5 Å². The van der Waals surface area contributed by atoms with E-state index in [1.807, 2.05) is 26.0 Å². The van der Waals surface area contributed by atoms with Gasteiger partial charge in [0.2, 0.25) is 5.91 Å². The lowest BCUT2D eigenvalue weighted by Gasteiger charge is -2.31. The third-order valence-electron chi connectivity index (χ3n) is 5.49. The Morgan fingerprint density at radius 3 is 2.64 bits per heavy atom. The summed E-state index contributed by atoms with van der Waals surface area (Å²) in [5.74, 6) is 1.07. The van der Waals surface area contributed by atoms with Crippen molar-refractivity contribution in [1.82, 2.24) is 20.5 Å². The minimum atomic E-state index is -0.131. The highest BCUT2D eigenvalue weighted by Crippen LogP contribution is 2.29. The molecule has 1 saturated heterocycles. The van der Waals surface area contributed by atoms with Crippen LogP contribution in [0.2, 0.25) is 0 Å². The number of nitrogens with zero attached hydrogens (tertiary/aromatic N) is 2. The van der Waals surface area contributed by atoms with Crippen LogP contribution in [0.25, 0.3) is 0 Å². The van der Waals surface area contributed by atoms with Gasteiger partial charge in [-0.3, -0.25) is 19.5 Å². The fraction of sp³-hybridized carbons (Fsp3) is 0.480. The van der Waals surface area contributed by atoms with E-state index in [2.05, 4.69) is 20.5 Å². The highest BCUT2D eigenvalue weighted by atomic mass is 16.5. The zero-order valence-electron chi connectivity index (χ0n) is 19.5. The number of amides is 2. The molecule has 0 spiro atoms. The SMILES string of the molecule is CCCNC(=O)CN1CCC(NC(=O)c2ccc(OCc3cccnc3)c(OCC)c2)CC1. The van der Waals surface area contributed by atoms with Gasteiger partial charge in [0.05, 0.1) is 13.2 Å². The fourth-order valence-corrected chi connectivity index (χ4v) is 3.71. The number of rotatable bonds is 11. The van der Waals surface area contributed by atoms with Crippen molar-refractivity contribution < 1.29 is 19.1 Å². The van der Waals surface area contributed by atoms with Crippen LogP contribution in [0.3, 0.4) is 0 Å². The number of piperidine rings is 1. The Kier molecular flexibility index (Phi) is 9.50. The van der Waals surface area contributed by atoms with Crippen LogP contribution in [-0.2, 0) is 11.4 Å². The summed E-state index contributed by atoms with van der Waals surface area (Å²) < 4.78 is 11.6. The summed E-state index contributed by atoms with van der Waals surface area (Å²) in [6.45, 7) is 7.47. The van der Waals surface area contributed by atoms with Crippen molar-refractivity contribution >= 4 is 11.8 Å². The molecule has 0 aliphatic carbocycles. The first-order valence-electron chi connectivity index (χ1n) is 11.7. The van der Waals surface area contributed by atoms with Gasteiger partial charge in [0.25, 0.3) is 5.91 Å². The van der Waals surface area contributed by atoms with Crippen LogP contribution >= 0.6 is 0 Å². The maximum Gasteiger partial charge on any atom is 0.251 e. The maximum absolute atomic E-state index is 12.8.